The van der Waals surface area contributed by atoms with Crippen LogP contribution in [-0.4, -0.2) is 11.4 Å². The number of hydrogen-bond donors (Lipinski definition) is 2. The highest BCUT2D eigenvalue weighted by Crippen LogP contribution is 2.21. The number of anilines is 1. The van der Waals surface area contributed by atoms with E-state index in [2.05, 4.69) is 31.3 Å². The Labute approximate surface area is 116 Å². The van der Waals surface area contributed by atoms with Crippen LogP contribution in [0, 0.1) is 0 Å². The van der Waals surface area contributed by atoms with Crippen molar-refractivity contribution >= 4 is 11.6 Å². The van der Waals surface area contributed by atoms with Gasteiger partial charge in [-0.2, -0.15) is 0 Å². The zero-order chi connectivity index (χ0) is 14.5. The van der Waals surface area contributed by atoms with Gasteiger partial charge in [0.25, 0.3) is 0 Å². The molecule has 0 aliphatic rings. The maximum atomic E-state index is 12.1. The molecule has 1 aromatic carbocycles. The summed E-state index contributed by atoms with van der Waals surface area (Å²) >= 11 is 0. The van der Waals surface area contributed by atoms with Crippen LogP contribution in [0.25, 0.3) is 0 Å². The first-order chi connectivity index (χ1) is 8.90. The van der Waals surface area contributed by atoms with E-state index in [1.54, 1.807) is 6.92 Å². The quantitative estimate of drug-likeness (QED) is 0.822. The van der Waals surface area contributed by atoms with Crippen molar-refractivity contribution in [2.24, 2.45) is 5.73 Å². The number of rotatable bonds is 6. The SMILES string of the molecule is CCCC(C)(N)C(=O)Nc1ccc(C(C)CC)cc1. The predicted molar refractivity (Wildman–Crippen MR) is 81.3 cm³/mol. The van der Waals surface area contributed by atoms with Crippen LogP contribution < -0.4 is 11.1 Å². The molecule has 0 aliphatic heterocycles. The largest absolute Gasteiger partial charge is 0.325 e. The van der Waals surface area contributed by atoms with Crippen LogP contribution in [0.3, 0.4) is 0 Å². The van der Waals surface area contributed by atoms with Crippen molar-refractivity contribution in [3.8, 4) is 0 Å². The zero-order valence-electron chi connectivity index (χ0n) is 12.5. The molecule has 3 nitrogen and oxygen atoms in total. The van der Waals surface area contributed by atoms with Gasteiger partial charge in [-0.3, -0.25) is 4.79 Å². The van der Waals surface area contributed by atoms with Crippen molar-refractivity contribution in [2.75, 3.05) is 5.32 Å². The third-order valence-electron chi connectivity index (χ3n) is 3.64. The van der Waals surface area contributed by atoms with Crippen molar-refractivity contribution in [2.45, 2.75) is 58.4 Å². The van der Waals surface area contributed by atoms with Crippen LogP contribution >= 0.6 is 0 Å². The Hall–Kier alpha value is -1.35. The summed E-state index contributed by atoms with van der Waals surface area (Å²) in [6.07, 6.45) is 2.69. The summed E-state index contributed by atoms with van der Waals surface area (Å²) in [6, 6.07) is 8.03. The molecule has 0 radical (unpaired) electrons. The maximum Gasteiger partial charge on any atom is 0.244 e. The van der Waals surface area contributed by atoms with Crippen molar-refractivity contribution in [3.63, 3.8) is 0 Å². The normalized spacial score (nSPS) is 15.6. The summed E-state index contributed by atoms with van der Waals surface area (Å²) in [5.74, 6) is 0.426. The van der Waals surface area contributed by atoms with Crippen molar-refractivity contribution < 1.29 is 4.79 Å². The minimum atomic E-state index is -0.801. The van der Waals surface area contributed by atoms with E-state index in [0.717, 1.165) is 18.5 Å². The van der Waals surface area contributed by atoms with Crippen LogP contribution in [-0.2, 0) is 4.79 Å². The van der Waals surface area contributed by atoms with E-state index in [0.29, 0.717) is 12.3 Å². The molecule has 106 valence electrons. The molecule has 2 atom stereocenters. The predicted octanol–water partition coefficient (Wildman–Crippen LogP) is 3.66. The molecule has 2 unspecified atom stereocenters. The summed E-state index contributed by atoms with van der Waals surface area (Å²) in [5, 5.41) is 2.89. The molecule has 1 rings (SSSR count). The molecule has 0 aromatic heterocycles. The summed E-state index contributed by atoms with van der Waals surface area (Å²) in [4.78, 5) is 12.1. The number of carbonyl (C=O) groups excluding carboxylic acids is 1. The van der Waals surface area contributed by atoms with Gasteiger partial charge in [0.2, 0.25) is 5.91 Å². The molecular formula is C16H26N2O. The van der Waals surface area contributed by atoms with Gasteiger partial charge in [0.05, 0.1) is 5.54 Å². The molecule has 1 aromatic rings. The fraction of sp³-hybridized carbons (Fsp3) is 0.562. The lowest BCUT2D eigenvalue weighted by Gasteiger charge is -2.23. The second kappa shape index (κ2) is 6.71. The molecule has 0 saturated heterocycles. The first-order valence-corrected chi connectivity index (χ1v) is 7.11. The molecular weight excluding hydrogens is 236 g/mol. The van der Waals surface area contributed by atoms with Gasteiger partial charge in [-0.15, -0.1) is 0 Å². The average Bonchev–Trinajstić information content (AvgIpc) is 2.38. The van der Waals surface area contributed by atoms with E-state index in [4.69, 9.17) is 5.73 Å². The van der Waals surface area contributed by atoms with Crippen molar-refractivity contribution in [3.05, 3.63) is 29.8 Å². The van der Waals surface area contributed by atoms with Crippen LogP contribution in [0.2, 0.25) is 0 Å². The highest BCUT2D eigenvalue weighted by Gasteiger charge is 2.27. The lowest BCUT2D eigenvalue weighted by molar-refractivity contribution is -0.120. The van der Waals surface area contributed by atoms with Gasteiger partial charge >= 0.3 is 0 Å². The number of carbonyl (C=O) groups is 1. The van der Waals surface area contributed by atoms with Gasteiger partial charge in [-0.05, 0) is 43.4 Å². The van der Waals surface area contributed by atoms with E-state index in [9.17, 15) is 4.79 Å². The summed E-state index contributed by atoms with van der Waals surface area (Å²) < 4.78 is 0. The molecule has 0 spiro atoms. The Morgan fingerprint density at radius 1 is 1.32 bits per heavy atom. The van der Waals surface area contributed by atoms with Crippen LogP contribution in [0.4, 0.5) is 5.69 Å². The van der Waals surface area contributed by atoms with Gasteiger partial charge in [0.15, 0.2) is 0 Å². The summed E-state index contributed by atoms with van der Waals surface area (Å²) in [6.45, 7) is 8.18. The Bertz CT molecular complexity index is 409. The Balaban J connectivity index is 2.70. The third kappa shape index (κ3) is 4.35. The lowest BCUT2D eigenvalue weighted by Crippen LogP contribution is -2.48. The Morgan fingerprint density at radius 2 is 1.89 bits per heavy atom. The number of nitrogens with two attached hydrogens (primary N) is 1. The monoisotopic (exact) mass is 262 g/mol. The number of nitrogens with one attached hydrogen (secondary N) is 1. The lowest BCUT2D eigenvalue weighted by atomic mass is 9.96. The number of hydrogen-bond acceptors (Lipinski definition) is 2. The molecule has 0 heterocycles. The molecule has 0 aliphatic carbocycles. The smallest absolute Gasteiger partial charge is 0.244 e. The fourth-order valence-electron chi connectivity index (χ4n) is 2.04. The minimum absolute atomic E-state index is 0.120. The first kappa shape index (κ1) is 15.7. The van der Waals surface area contributed by atoms with Crippen molar-refractivity contribution in [1.29, 1.82) is 0 Å². The maximum absolute atomic E-state index is 12.1. The van der Waals surface area contributed by atoms with Gasteiger partial charge in [0.1, 0.15) is 0 Å². The number of benzene rings is 1. The highest BCUT2D eigenvalue weighted by molar-refractivity contribution is 5.97. The molecule has 0 saturated carbocycles. The molecule has 3 N–H and O–H groups in total. The van der Waals surface area contributed by atoms with Crippen LogP contribution in [0.5, 0.6) is 0 Å². The molecule has 0 bridgehead atoms. The zero-order valence-corrected chi connectivity index (χ0v) is 12.5. The van der Waals surface area contributed by atoms with Gasteiger partial charge in [-0.1, -0.05) is 39.3 Å². The minimum Gasteiger partial charge on any atom is -0.325 e. The van der Waals surface area contributed by atoms with E-state index < -0.39 is 5.54 Å². The first-order valence-electron chi connectivity index (χ1n) is 7.11. The molecule has 3 heteroatoms. The van der Waals surface area contributed by atoms with E-state index in [1.807, 2.05) is 19.1 Å². The van der Waals surface area contributed by atoms with Crippen LogP contribution in [0.15, 0.2) is 24.3 Å². The van der Waals surface area contributed by atoms with Crippen LogP contribution in [0.1, 0.15) is 58.4 Å². The fourth-order valence-corrected chi connectivity index (χ4v) is 2.04. The summed E-state index contributed by atoms with van der Waals surface area (Å²) in [5.41, 5.74) is 7.31. The van der Waals surface area contributed by atoms with Gasteiger partial charge in [-0.25, -0.2) is 0 Å². The molecule has 0 fully saturated rings. The molecule has 1 amide bonds. The molecule has 19 heavy (non-hydrogen) atoms. The second-order valence-corrected chi connectivity index (χ2v) is 5.55. The number of amides is 1. The second-order valence-electron chi connectivity index (χ2n) is 5.55. The van der Waals surface area contributed by atoms with E-state index in [-0.39, 0.29) is 5.91 Å². The standard InChI is InChI=1S/C16H26N2O/c1-5-11-16(4,17)15(19)18-14-9-7-13(8-10-14)12(3)6-2/h7-10,12H,5-6,11,17H2,1-4H3,(H,18,19). The van der Waals surface area contributed by atoms with E-state index in [1.165, 1.54) is 5.56 Å². The Morgan fingerprint density at radius 3 is 2.37 bits per heavy atom. The average molecular weight is 262 g/mol. The summed E-state index contributed by atoms with van der Waals surface area (Å²) in [7, 11) is 0. The van der Waals surface area contributed by atoms with Gasteiger partial charge in [0, 0.05) is 5.69 Å². The van der Waals surface area contributed by atoms with Gasteiger partial charge < -0.3 is 11.1 Å². The topological polar surface area (TPSA) is 55.1 Å². The third-order valence-corrected chi connectivity index (χ3v) is 3.64. The Kier molecular flexibility index (Phi) is 5.55. The van der Waals surface area contributed by atoms with Crippen molar-refractivity contribution in [1.82, 2.24) is 0 Å². The van der Waals surface area contributed by atoms with E-state index >= 15 is 0 Å². The highest BCUT2D eigenvalue weighted by atomic mass is 16.2.